The number of aromatic nitrogens is 2. The van der Waals surface area contributed by atoms with Crippen LogP contribution < -0.4 is 4.90 Å². The number of rotatable bonds is 6. The smallest absolute Gasteiger partial charge is 0.231 e. The summed E-state index contributed by atoms with van der Waals surface area (Å²) in [4.78, 5) is 32.6. The van der Waals surface area contributed by atoms with E-state index in [1.807, 2.05) is 0 Å². The van der Waals surface area contributed by atoms with Crippen molar-refractivity contribution in [3.05, 3.63) is 51.9 Å². The molecule has 2 aromatic rings. The zero-order valence-electron chi connectivity index (χ0n) is 21.9. The predicted octanol–water partition coefficient (Wildman–Crippen LogP) is 3.75. The fraction of sp³-hybridized carbons (Fsp3) is 0.607. The minimum Gasteiger partial charge on any atom is -0.353 e. The lowest BCUT2D eigenvalue weighted by Crippen LogP contribution is -2.53. The molecule has 2 atom stereocenters. The third-order valence-electron chi connectivity index (χ3n) is 8.29. The molecular weight excluding hydrogens is 516 g/mol. The molecule has 0 spiro atoms. The number of carbonyl (C=O) groups is 1. The second-order valence-electron chi connectivity index (χ2n) is 10.8. The number of nitrogens with zero attached hydrogens (tertiary/aromatic N) is 6. The van der Waals surface area contributed by atoms with Crippen LogP contribution in [0.1, 0.15) is 55.8 Å². The Bertz CT molecular complexity index is 1040. The molecule has 2 unspecified atom stereocenters. The lowest BCUT2D eigenvalue weighted by atomic mass is 9.96. The summed E-state index contributed by atoms with van der Waals surface area (Å²) in [6, 6.07) is 8.91. The van der Waals surface area contributed by atoms with Crippen LogP contribution >= 0.6 is 15.9 Å². The maximum atomic E-state index is 13.9. The molecule has 36 heavy (non-hydrogen) atoms. The van der Waals surface area contributed by atoms with Crippen LogP contribution in [0.5, 0.6) is 0 Å². The van der Waals surface area contributed by atoms with Gasteiger partial charge in [-0.05, 0) is 50.3 Å². The first-order valence-electron chi connectivity index (χ1n) is 13.5. The number of hydrogen-bond donors (Lipinski definition) is 0. The standard InChI is InChI=1S/C28H39BrN6O/c1-20(2)33-12-10-32(11-13-33)18-24(22-5-7-23(29)8-6-22)28(36)35-16-14-34(15-17-35)27-26-21(3)4-9-25(26)30-19-31-27/h5-8,19-21,24H,4,9-18H2,1-3H3. The first-order chi connectivity index (χ1) is 17.4. The normalized spacial score (nSPS) is 22.2. The van der Waals surface area contributed by atoms with Gasteiger partial charge in [-0.2, -0.15) is 0 Å². The Labute approximate surface area is 224 Å². The zero-order valence-corrected chi connectivity index (χ0v) is 23.5. The van der Waals surface area contributed by atoms with Gasteiger partial charge < -0.3 is 9.80 Å². The predicted molar refractivity (Wildman–Crippen MR) is 148 cm³/mol. The topological polar surface area (TPSA) is 55.8 Å². The minimum absolute atomic E-state index is 0.140. The van der Waals surface area contributed by atoms with Gasteiger partial charge in [-0.1, -0.05) is 35.0 Å². The highest BCUT2D eigenvalue weighted by Crippen LogP contribution is 2.37. The van der Waals surface area contributed by atoms with Gasteiger partial charge in [-0.15, -0.1) is 0 Å². The van der Waals surface area contributed by atoms with Gasteiger partial charge in [0.2, 0.25) is 5.91 Å². The zero-order chi connectivity index (χ0) is 25.2. The van der Waals surface area contributed by atoms with Crippen LogP contribution in [0.4, 0.5) is 5.82 Å². The molecule has 8 heteroatoms. The van der Waals surface area contributed by atoms with Crippen LogP contribution in [0.15, 0.2) is 35.1 Å². The quantitative estimate of drug-likeness (QED) is 0.542. The van der Waals surface area contributed by atoms with E-state index in [1.54, 1.807) is 6.33 Å². The number of fused-ring (bicyclic) bond motifs is 1. The van der Waals surface area contributed by atoms with Crippen molar-refractivity contribution in [1.82, 2.24) is 24.7 Å². The van der Waals surface area contributed by atoms with E-state index in [2.05, 4.69) is 90.5 Å². The monoisotopic (exact) mass is 554 g/mol. The van der Waals surface area contributed by atoms with E-state index in [4.69, 9.17) is 0 Å². The van der Waals surface area contributed by atoms with Crippen molar-refractivity contribution >= 4 is 27.7 Å². The Morgan fingerprint density at radius 2 is 1.69 bits per heavy atom. The van der Waals surface area contributed by atoms with Gasteiger partial charge in [-0.25, -0.2) is 9.97 Å². The SMILES string of the molecule is CC1CCc2ncnc(N3CCN(C(=O)C(CN4CCN(C(C)C)CC4)c4ccc(Br)cc4)CC3)c21. The molecule has 2 saturated heterocycles. The average Bonchev–Trinajstić information content (AvgIpc) is 3.29. The Balaban J connectivity index is 1.27. The van der Waals surface area contributed by atoms with Crippen LogP contribution in [0, 0.1) is 0 Å². The van der Waals surface area contributed by atoms with Crippen molar-refractivity contribution in [1.29, 1.82) is 0 Å². The Kier molecular flexibility index (Phi) is 7.93. The van der Waals surface area contributed by atoms with Gasteiger partial charge >= 0.3 is 0 Å². The molecule has 1 aromatic carbocycles. The molecular formula is C28H39BrN6O. The van der Waals surface area contributed by atoms with Crippen molar-refractivity contribution in [2.45, 2.75) is 51.5 Å². The van der Waals surface area contributed by atoms with Gasteiger partial charge in [0.15, 0.2) is 0 Å². The van der Waals surface area contributed by atoms with Crippen LogP contribution in [-0.2, 0) is 11.2 Å². The summed E-state index contributed by atoms with van der Waals surface area (Å²) < 4.78 is 1.04. The highest BCUT2D eigenvalue weighted by atomic mass is 79.9. The van der Waals surface area contributed by atoms with E-state index in [9.17, 15) is 4.79 Å². The largest absolute Gasteiger partial charge is 0.353 e. The summed E-state index contributed by atoms with van der Waals surface area (Å²) >= 11 is 3.55. The third-order valence-corrected chi connectivity index (χ3v) is 8.82. The van der Waals surface area contributed by atoms with E-state index >= 15 is 0 Å². The number of piperazine rings is 2. The first kappa shape index (κ1) is 25.6. The van der Waals surface area contributed by atoms with Gasteiger partial charge in [-0.3, -0.25) is 14.6 Å². The minimum atomic E-state index is -0.140. The summed E-state index contributed by atoms with van der Waals surface area (Å²) in [5.74, 6) is 1.71. The first-order valence-corrected chi connectivity index (χ1v) is 14.3. The molecule has 7 nitrogen and oxygen atoms in total. The molecule has 0 bridgehead atoms. The van der Waals surface area contributed by atoms with E-state index in [1.165, 1.54) is 11.3 Å². The van der Waals surface area contributed by atoms with Crippen molar-refractivity contribution in [2.24, 2.45) is 0 Å². The van der Waals surface area contributed by atoms with Crippen molar-refractivity contribution < 1.29 is 4.79 Å². The van der Waals surface area contributed by atoms with Crippen LogP contribution in [-0.4, -0.2) is 95.5 Å². The molecule has 3 heterocycles. The van der Waals surface area contributed by atoms with E-state index in [0.717, 1.165) is 87.6 Å². The Hall–Kier alpha value is -2.03. The lowest BCUT2D eigenvalue weighted by molar-refractivity contribution is -0.133. The molecule has 2 fully saturated rings. The molecule has 0 saturated carbocycles. The summed E-state index contributed by atoms with van der Waals surface area (Å²) in [6.07, 6.45) is 3.91. The molecule has 0 N–H and O–H groups in total. The summed E-state index contributed by atoms with van der Waals surface area (Å²) in [7, 11) is 0. The lowest BCUT2D eigenvalue weighted by Gasteiger charge is -2.40. The maximum Gasteiger partial charge on any atom is 0.231 e. The van der Waals surface area contributed by atoms with Crippen molar-refractivity contribution in [3.63, 3.8) is 0 Å². The molecule has 1 aliphatic carbocycles. The van der Waals surface area contributed by atoms with Crippen LogP contribution in [0.25, 0.3) is 0 Å². The van der Waals surface area contributed by atoms with E-state index in [-0.39, 0.29) is 11.8 Å². The Morgan fingerprint density at radius 3 is 2.36 bits per heavy atom. The highest BCUT2D eigenvalue weighted by Gasteiger charge is 2.33. The molecule has 1 amide bonds. The van der Waals surface area contributed by atoms with Gasteiger partial charge in [0.25, 0.3) is 0 Å². The van der Waals surface area contributed by atoms with Crippen LogP contribution in [0.2, 0.25) is 0 Å². The molecule has 3 aliphatic rings. The fourth-order valence-electron chi connectivity index (χ4n) is 5.98. The summed E-state index contributed by atoms with van der Waals surface area (Å²) in [5.41, 5.74) is 3.64. The second kappa shape index (κ2) is 11.2. The second-order valence-corrected chi connectivity index (χ2v) is 11.8. The van der Waals surface area contributed by atoms with Gasteiger partial charge in [0.05, 0.1) is 5.92 Å². The van der Waals surface area contributed by atoms with Gasteiger partial charge in [0, 0.05) is 80.7 Å². The molecule has 2 aliphatic heterocycles. The molecule has 1 aromatic heterocycles. The Morgan fingerprint density at radius 1 is 1.00 bits per heavy atom. The summed E-state index contributed by atoms with van der Waals surface area (Å²) in [6.45, 7) is 14.9. The van der Waals surface area contributed by atoms with Gasteiger partial charge in [0.1, 0.15) is 12.1 Å². The molecule has 194 valence electrons. The number of halogens is 1. The number of hydrogen-bond acceptors (Lipinski definition) is 6. The fourth-order valence-corrected chi connectivity index (χ4v) is 6.24. The molecule has 0 radical (unpaired) electrons. The highest BCUT2D eigenvalue weighted by molar-refractivity contribution is 9.10. The third kappa shape index (κ3) is 5.46. The van der Waals surface area contributed by atoms with Crippen molar-refractivity contribution in [2.75, 3.05) is 63.8 Å². The van der Waals surface area contributed by atoms with E-state index in [0.29, 0.717) is 12.0 Å². The maximum absolute atomic E-state index is 13.9. The van der Waals surface area contributed by atoms with Crippen LogP contribution in [0.3, 0.4) is 0 Å². The number of aryl methyl sites for hydroxylation is 1. The van der Waals surface area contributed by atoms with Crippen molar-refractivity contribution in [3.8, 4) is 0 Å². The number of amides is 1. The van der Waals surface area contributed by atoms with E-state index < -0.39 is 0 Å². The number of carbonyl (C=O) groups excluding carboxylic acids is 1. The molecule has 5 rings (SSSR count). The average molecular weight is 556 g/mol. The summed E-state index contributed by atoms with van der Waals surface area (Å²) in [5, 5.41) is 0. The number of benzene rings is 1. The number of anilines is 1.